The lowest BCUT2D eigenvalue weighted by molar-refractivity contribution is -0.205. The quantitative estimate of drug-likeness (QED) is 0.412. The van der Waals surface area contributed by atoms with Crippen LogP contribution in [0.4, 0.5) is 4.79 Å². The van der Waals surface area contributed by atoms with Crippen molar-refractivity contribution in [2.75, 3.05) is 32.7 Å². The normalized spacial score (nSPS) is 39.9. The number of aliphatic hydroxyl groups is 1. The van der Waals surface area contributed by atoms with Crippen molar-refractivity contribution in [1.29, 1.82) is 0 Å². The molecule has 1 aromatic heterocycles. The Balaban J connectivity index is 1.12. The van der Waals surface area contributed by atoms with Crippen molar-refractivity contribution in [1.82, 2.24) is 15.5 Å². The van der Waals surface area contributed by atoms with E-state index in [0.29, 0.717) is 44.4 Å². The summed E-state index contributed by atoms with van der Waals surface area (Å²) in [6, 6.07) is 3.14. The van der Waals surface area contributed by atoms with Crippen LogP contribution in [0, 0.1) is 28.6 Å². The summed E-state index contributed by atoms with van der Waals surface area (Å²) in [6.07, 6.45) is 6.75. The van der Waals surface area contributed by atoms with E-state index in [0.717, 1.165) is 57.1 Å². The molecule has 0 unspecified atom stereocenters. The van der Waals surface area contributed by atoms with Crippen LogP contribution >= 0.6 is 0 Å². The molecule has 2 heterocycles. The Bertz CT molecular complexity index is 1310. The third-order valence-electron chi connectivity index (χ3n) is 12.3. The number of carbonyl (C=O) groups is 3. The van der Waals surface area contributed by atoms with Crippen molar-refractivity contribution in [2.24, 2.45) is 28.6 Å². The minimum absolute atomic E-state index is 0.00747. The van der Waals surface area contributed by atoms with Crippen molar-refractivity contribution in [3.05, 3.63) is 34.4 Å². The number of carbonyl (C=O) groups excluding carboxylic acids is 3. The van der Waals surface area contributed by atoms with Crippen LogP contribution in [0.25, 0.3) is 0 Å². The predicted molar refractivity (Wildman–Crippen MR) is 160 cm³/mol. The molecule has 1 aliphatic heterocycles. The van der Waals surface area contributed by atoms with Gasteiger partial charge >= 0.3 is 17.7 Å². The Morgan fingerprint density at radius 1 is 1.11 bits per heavy atom. The maximum Gasteiger partial charge on any atom is 0.407 e. The highest BCUT2D eigenvalue weighted by Gasteiger charge is 2.70. The number of ether oxygens (including phenoxy) is 2. The van der Waals surface area contributed by atoms with E-state index in [9.17, 15) is 24.3 Å². The molecule has 1 aromatic rings. The number of hydrogen-bond acceptors (Lipinski definition) is 9. The molecular formula is C33H47N3O8. The smallest absolute Gasteiger partial charge is 0.407 e. The summed E-state index contributed by atoms with van der Waals surface area (Å²) in [5, 5.41) is 18.6. The largest absolute Gasteiger partial charge is 0.462 e. The molecule has 5 aliphatic rings. The fourth-order valence-corrected chi connectivity index (χ4v) is 10.1. The van der Waals surface area contributed by atoms with Crippen LogP contribution in [-0.2, 0) is 19.1 Å². The van der Waals surface area contributed by atoms with Crippen LogP contribution in [0.2, 0.25) is 0 Å². The van der Waals surface area contributed by atoms with E-state index in [-0.39, 0.29) is 35.2 Å². The molecule has 3 N–H and O–H groups in total. The summed E-state index contributed by atoms with van der Waals surface area (Å²) < 4.78 is 17.0. The summed E-state index contributed by atoms with van der Waals surface area (Å²) >= 11 is 0. The minimum Gasteiger partial charge on any atom is -0.462 e. The van der Waals surface area contributed by atoms with Crippen LogP contribution in [-0.4, -0.2) is 78.5 Å². The number of esters is 1. The molecule has 44 heavy (non-hydrogen) atoms. The first kappa shape index (κ1) is 31.1. The lowest BCUT2D eigenvalue weighted by Gasteiger charge is -2.63. The Labute approximate surface area is 258 Å². The van der Waals surface area contributed by atoms with Crippen molar-refractivity contribution in [2.45, 2.75) is 95.9 Å². The van der Waals surface area contributed by atoms with Gasteiger partial charge in [0.1, 0.15) is 12.2 Å². The molecule has 0 spiro atoms. The number of amides is 2. The third kappa shape index (κ3) is 5.33. The molecule has 5 fully saturated rings. The monoisotopic (exact) mass is 613 g/mol. The van der Waals surface area contributed by atoms with Gasteiger partial charge in [0.15, 0.2) is 0 Å². The second-order valence-electron chi connectivity index (χ2n) is 14.4. The molecule has 0 aromatic carbocycles. The zero-order chi connectivity index (χ0) is 31.3. The zero-order valence-corrected chi connectivity index (χ0v) is 26.1. The van der Waals surface area contributed by atoms with Gasteiger partial charge in [-0.2, -0.15) is 0 Å². The van der Waals surface area contributed by atoms with Crippen LogP contribution in [0.5, 0.6) is 0 Å². The van der Waals surface area contributed by atoms with Gasteiger partial charge in [0, 0.05) is 56.9 Å². The topological polar surface area (TPSA) is 147 Å². The lowest BCUT2D eigenvalue weighted by Crippen LogP contribution is -2.62. The Kier molecular flexibility index (Phi) is 8.32. The highest BCUT2D eigenvalue weighted by molar-refractivity contribution is 5.79. The minimum atomic E-state index is -1.04. The fraction of sp³-hybridized carbons (Fsp3) is 0.758. The summed E-state index contributed by atoms with van der Waals surface area (Å²) in [7, 11) is 0. The molecule has 9 atom stereocenters. The van der Waals surface area contributed by atoms with Crippen LogP contribution in [0.1, 0.15) is 83.6 Å². The standard InChI is InChI=1S/C33H47N3O8/c1-20(37)43-26-17-33(41)25-6-5-22-16-23(44-30(40)35-13-15-36-14-12-34-18-27(36)38)8-10-31(22,2)24(25)9-11-32(33,3)29(26)21-4-7-28(39)42-19-21/h4,7,19,22-26,29,34,41H,5-6,8-18H2,1-3H3,(H,35,40)/t22-,23+,24+,25-,26+,29+,31+,32-,33+/m1/s1. The van der Waals surface area contributed by atoms with Gasteiger partial charge in [0.05, 0.1) is 18.4 Å². The first-order valence-electron chi connectivity index (χ1n) is 16.4. The second kappa shape index (κ2) is 11.8. The van der Waals surface area contributed by atoms with Crippen LogP contribution in [0.3, 0.4) is 0 Å². The molecule has 1 saturated heterocycles. The Morgan fingerprint density at radius 2 is 1.93 bits per heavy atom. The Hall–Kier alpha value is -2.92. The van der Waals surface area contributed by atoms with Gasteiger partial charge in [-0.05, 0) is 79.7 Å². The second-order valence-corrected chi connectivity index (χ2v) is 14.4. The van der Waals surface area contributed by atoms with E-state index in [2.05, 4.69) is 24.5 Å². The number of alkyl carbamates (subject to hydrolysis) is 1. The number of hydrogen-bond donors (Lipinski definition) is 3. The van der Waals surface area contributed by atoms with E-state index < -0.39 is 28.8 Å². The molecule has 4 aliphatic carbocycles. The molecule has 242 valence electrons. The number of piperazine rings is 1. The van der Waals surface area contributed by atoms with Crippen molar-refractivity contribution in [3.8, 4) is 0 Å². The molecule has 4 saturated carbocycles. The summed E-state index contributed by atoms with van der Waals surface area (Å²) in [6.45, 7) is 8.47. The van der Waals surface area contributed by atoms with Crippen LogP contribution in [0.15, 0.2) is 27.6 Å². The third-order valence-corrected chi connectivity index (χ3v) is 12.3. The number of nitrogens with one attached hydrogen (secondary N) is 2. The molecule has 2 amide bonds. The average Bonchev–Trinajstić information content (AvgIpc) is 3.20. The van der Waals surface area contributed by atoms with Crippen molar-refractivity contribution < 1.29 is 33.4 Å². The van der Waals surface area contributed by atoms with E-state index in [4.69, 9.17) is 13.9 Å². The number of fused-ring (bicyclic) bond motifs is 5. The molecule has 11 nitrogen and oxygen atoms in total. The van der Waals surface area contributed by atoms with Gasteiger partial charge in [-0.15, -0.1) is 0 Å². The zero-order valence-electron chi connectivity index (χ0n) is 26.1. The maximum absolute atomic E-state index is 12.7. The van der Waals surface area contributed by atoms with Gasteiger partial charge in [-0.25, -0.2) is 9.59 Å². The van der Waals surface area contributed by atoms with Gasteiger partial charge in [0.2, 0.25) is 5.91 Å². The lowest BCUT2D eigenvalue weighted by atomic mass is 9.43. The van der Waals surface area contributed by atoms with Gasteiger partial charge in [0.25, 0.3) is 0 Å². The molecular weight excluding hydrogens is 566 g/mol. The molecule has 11 heteroatoms. The SMILES string of the molecule is CC(=O)O[C@H]1C[C@]2(O)[C@@H]3CC[C@@H]4C[C@@H](OC(=O)NCCN5CCNCC5=O)CC[C@]4(C)[C@H]3CC[C@]2(C)[C@H]1c1ccc(=O)oc1. The average molecular weight is 614 g/mol. The highest BCUT2D eigenvalue weighted by Crippen LogP contribution is 2.71. The van der Waals surface area contributed by atoms with E-state index in [1.807, 2.05) is 0 Å². The van der Waals surface area contributed by atoms with E-state index in [1.54, 1.807) is 11.0 Å². The summed E-state index contributed by atoms with van der Waals surface area (Å²) in [5.74, 6) is 0.122. The number of nitrogens with zero attached hydrogens (tertiary/aromatic N) is 1. The highest BCUT2D eigenvalue weighted by atomic mass is 16.6. The number of rotatable bonds is 6. The first-order chi connectivity index (χ1) is 20.9. The first-order valence-corrected chi connectivity index (χ1v) is 16.4. The van der Waals surface area contributed by atoms with Gasteiger partial charge in [-0.3, -0.25) is 9.59 Å². The predicted octanol–water partition coefficient (Wildman–Crippen LogP) is 2.95. The van der Waals surface area contributed by atoms with Gasteiger partial charge in [-0.1, -0.05) is 13.8 Å². The Morgan fingerprint density at radius 3 is 2.66 bits per heavy atom. The summed E-state index contributed by atoms with van der Waals surface area (Å²) in [4.78, 5) is 50.3. The molecule has 6 rings (SSSR count). The molecule has 0 bridgehead atoms. The molecule has 0 radical (unpaired) electrons. The maximum atomic E-state index is 12.7. The van der Waals surface area contributed by atoms with Crippen molar-refractivity contribution in [3.63, 3.8) is 0 Å². The van der Waals surface area contributed by atoms with E-state index >= 15 is 0 Å². The summed E-state index contributed by atoms with van der Waals surface area (Å²) in [5.41, 5.74) is -1.24. The van der Waals surface area contributed by atoms with Crippen LogP contribution < -0.4 is 16.3 Å². The fourth-order valence-electron chi connectivity index (χ4n) is 10.1. The van der Waals surface area contributed by atoms with Gasteiger partial charge < -0.3 is 34.5 Å². The van der Waals surface area contributed by atoms with E-state index in [1.165, 1.54) is 19.3 Å². The van der Waals surface area contributed by atoms with Crippen molar-refractivity contribution >= 4 is 18.0 Å².